The molecular formula is C16H20N2O2. The molecule has 106 valence electrons. The largest absolute Gasteiger partial charge is 0.462 e. The van der Waals surface area contributed by atoms with Crippen molar-refractivity contribution in [3.05, 3.63) is 52.8 Å². The lowest BCUT2D eigenvalue weighted by Gasteiger charge is -2.06. The van der Waals surface area contributed by atoms with Crippen molar-refractivity contribution in [2.75, 3.05) is 11.9 Å². The van der Waals surface area contributed by atoms with Crippen molar-refractivity contribution < 1.29 is 9.53 Å². The molecule has 1 aromatic heterocycles. The molecule has 2 rings (SSSR count). The van der Waals surface area contributed by atoms with Crippen LogP contribution in [-0.2, 0) is 11.3 Å². The van der Waals surface area contributed by atoms with E-state index < -0.39 is 0 Å². The van der Waals surface area contributed by atoms with Gasteiger partial charge in [-0.1, -0.05) is 18.2 Å². The van der Waals surface area contributed by atoms with E-state index in [0.29, 0.717) is 18.7 Å². The fraction of sp³-hybridized carbons (Fsp3) is 0.312. The summed E-state index contributed by atoms with van der Waals surface area (Å²) in [5.41, 5.74) is 4.51. The Morgan fingerprint density at radius 1 is 1.25 bits per heavy atom. The molecule has 20 heavy (non-hydrogen) atoms. The van der Waals surface area contributed by atoms with Gasteiger partial charge in [-0.15, -0.1) is 0 Å². The number of carbonyl (C=O) groups excluding carboxylic acids is 1. The summed E-state index contributed by atoms with van der Waals surface area (Å²) in [5, 5.41) is 3.33. The Balaban J connectivity index is 2.13. The maximum atomic E-state index is 11.9. The van der Waals surface area contributed by atoms with Gasteiger partial charge in [-0.25, -0.2) is 4.79 Å². The van der Waals surface area contributed by atoms with Crippen LogP contribution in [-0.4, -0.2) is 17.6 Å². The summed E-state index contributed by atoms with van der Waals surface area (Å²) in [6.07, 6.45) is 0. The van der Waals surface area contributed by atoms with Gasteiger partial charge in [0.05, 0.1) is 18.7 Å². The predicted molar refractivity (Wildman–Crippen MR) is 80.0 cm³/mol. The van der Waals surface area contributed by atoms with Crippen LogP contribution in [0.25, 0.3) is 0 Å². The number of aryl methyl sites for hydroxylation is 1. The Hall–Kier alpha value is -2.23. The third-order valence-electron chi connectivity index (χ3n) is 3.26. The van der Waals surface area contributed by atoms with Gasteiger partial charge in [0.15, 0.2) is 0 Å². The Bertz CT molecular complexity index is 588. The van der Waals surface area contributed by atoms with Crippen molar-refractivity contribution >= 4 is 11.7 Å². The monoisotopic (exact) mass is 272 g/mol. The summed E-state index contributed by atoms with van der Waals surface area (Å²) in [7, 11) is 0. The fourth-order valence-electron chi connectivity index (χ4n) is 2.25. The fourth-order valence-corrected chi connectivity index (χ4v) is 2.25. The molecule has 0 aliphatic carbocycles. The molecule has 0 amide bonds. The highest BCUT2D eigenvalue weighted by Crippen LogP contribution is 2.20. The maximum absolute atomic E-state index is 11.9. The van der Waals surface area contributed by atoms with E-state index in [2.05, 4.69) is 10.3 Å². The van der Waals surface area contributed by atoms with Crippen molar-refractivity contribution in [3.63, 3.8) is 0 Å². The predicted octanol–water partition coefficient (Wildman–Crippen LogP) is 3.42. The third kappa shape index (κ3) is 3.02. The lowest BCUT2D eigenvalue weighted by molar-refractivity contribution is 0.0525. The summed E-state index contributed by atoms with van der Waals surface area (Å²) in [4.78, 5) is 15.2. The molecule has 1 aromatic carbocycles. The second-order valence-electron chi connectivity index (χ2n) is 4.67. The highest BCUT2D eigenvalue weighted by molar-refractivity contribution is 5.92. The Labute approximate surface area is 119 Å². The molecular weight excluding hydrogens is 252 g/mol. The van der Waals surface area contributed by atoms with Crippen molar-refractivity contribution in [3.8, 4) is 0 Å². The molecule has 4 heteroatoms. The standard InChI is InChI=1S/C16H20N2O2/c1-4-20-16(19)15-11(2)14(18-12(15)3)10-17-13-8-6-5-7-9-13/h5-9,17-18H,4,10H2,1-3H3. The topological polar surface area (TPSA) is 54.1 Å². The average molecular weight is 272 g/mol. The number of para-hydroxylation sites is 1. The molecule has 0 aliphatic heterocycles. The van der Waals surface area contributed by atoms with Gasteiger partial charge in [0, 0.05) is 17.1 Å². The first kappa shape index (κ1) is 14.2. The quantitative estimate of drug-likeness (QED) is 0.820. The molecule has 0 saturated heterocycles. The summed E-state index contributed by atoms with van der Waals surface area (Å²) in [6, 6.07) is 9.97. The van der Waals surface area contributed by atoms with Crippen LogP contribution < -0.4 is 5.32 Å². The number of hydrogen-bond donors (Lipinski definition) is 2. The van der Waals surface area contributed by atoms with Crippen LogP contribution >= 0.6 is 0 Å². The zero-order valence-corrected chi connectivity index (χ0v) is 12.1. The minimum atomic E-state index is -0.260. The van der Waals surface area contributed by atoms with Gasteiger partial charge in [0.25, 0.3) is 0 Å². The summed E-state index contributed by atoms with van der Waals surface area (Å²) in [5.74, 6) is -0.260. The number of aromatic nitrogens is 1. The first-order valence-electron chi connectivity index (χ1n) is 6.77. The molecule has 0 aliphatic rings. The highest BCUT2D eigenvalue weighted by Gasteiger charge is 2.18. The Morgan fingerprint density at radius 3 is 2.60 bits per heavy atom. The number of esters is 1. The number of anilines is 1. The van der Waals surface area contributed by atoms with Gasteiger partial charge < -0.3 is 15.0 Å². The Morgan fingerprint density at radius 2 is 1.95 bits per heavy atom. The lowest BCUT2D eigenvalue weighted by Crippen LogP contribution is -2.07. The molecule has 0 spiro atoms. The number of benzene rings is 1. The number of H-pyrrole nitrogens is 1. The number of nitrogens with one attached hydrogen (secondary N) is 2. The molecule has 0 radical (unpaired) electrons. The van der Waals surface area contributed by atoms with E-state index in [1.807, 2.05) is 51.1 Å². The van der Waals surface area contributed by atoms with Crippen LogP contribution in [0.4, 0.5) is 5.69 Å². The second-order valence-corrected chi connectivity index (χ2v) is 4.67. The zero-order valence-electron chi connectivity index (χ0n) is 12.1. The van der Waals surface area contributed by atoms with E-state index in [0.717, 1.165) is 22.6 Å². The van der Waals surface area contributed by atoms with Crippen LogP contribution in [0.3, 0.4) is 0 Å². The summed E-state index contributed by atoms with van der Waals surface area (Å²) < 4.78 is 5.09. The summed E-state index contributed by atoms with van der Waals surface area (Å²) in [6.45, 7) is 6.69. The lowest BCUT2D eigenvalue weighted by atomic mass is 10.1. The normalized spacial score (nSPS) is 10.3. The van der Waals surface area contributed by atoms with E-state index in [9.17, 15) is 4.79 Å². The van der Waals surface area contributed by atoms with E-state index in [-0.39, 0.29) is 5.97 Å². The number of hydrogen-bond acceptors (Lipinski definition) is 3. The molecule has 2 N–H and O–H groups in total. The number of aromatic amines is 1. The van der Waals surface area contributed by atoms with Gasteiger partial charge in [-0.3, -0.25) is 0 Å². The van der Waals surface area contributed by atoms with Crippen LogP contribution in [0.15, 0.2) is 30.3 Å². The maximum Gasteiger partial charge on any atom is 0.340 e. The van der Waals surface area contributed by atoms with Crippen LogP contribution in [0.1, 0.15) is 34.2 Å². The molecule has 2 aromatic rings. The van der Waals surface area contributed by atoms with E-state index in [4.69, 9.17) is 4.74 Å². The Kier molecular flexibility index (Phi) is 4.45. The minimum Gasteiger partial charge on any atom is -0.462 e. The van der Waals surface area contributed by atoms with Gasteiger partial charge in [0.2, 0.25) is 0 Å². The molecule has 0 fully saturated rings. The number of ether oxygens (including phenoxy) is 1. The number of carbonyl (C=O) groups is 1. The third-order valence-corrected chi connectivity index (χ3v) is 3.26. The molecule has 0 unspecified atom stereocenters. The van der Waals surface area contributed by atoms with E-state index in [1.54, 1.807) is 0 Å². The average Bonchev–Trinajstić information content (AvgIpc) is 2.72. The molecule has 0 saturated carbocycles. The van der Waals surface area contributed by atoms with Crippen LogP contribution in [0.2, 0.25) is 0 Å². The van der Waals surface area contributed by atoms with Crippen LogP contribution in [0, 0.1) is 13.8 Å². The zero-order chi connectivity index (χ0) is 14.5. The second kappa shape index (κ2) is 6.28. The molecule has 1 heterocycles. The van der Waals surface area contributed by atoms with Gasteiger partial charge >= 0.3 is 5.97 Å². The van der Waals surface area contributed by atoms with Crippen LogP contribution in [0.5, 0.6) is 0 Å². The molecule has 0 bridgehead atoms. The van der Waals surface area contributed by atoms with E-state index >= 15 is 0 Å². The van der Waals surface area contributed by atoms with Crippen molar-refractivity contribution in [2.24, 2.45) is 0 Å². The minimum absolute atomic E-state index is 0.260. The van der Waals surface area contributed by atoms with Crippen molar-refractivity contribution in [1.29, 1.82) is 0 Å². The molecule has 4 nitrogen and oxygen atoms in total. The first-order valence-corrected chi connectivity index (χ1v) is 6.77. The van der Waals surface area contributed by atoms with E-state index in [1.165, 1.54) is 0 Å². The van der Waals surface area contributed by atoms with Gasteiger partial charge in [-0.2, -0.15) is 0 Å². The van der Waals surface area contributed by atoms with Gasteiger partial charge in [-0.05, 0) is 38.5 Å². The first-order chi connectivity index (χ1) is 9.63. The van der Waals surface area contributed by atoms with Crippen molar-refractivity contribution in [2.45, 2.75) is 27.3 Å². The van der Waals surface area contributed by atoms with Crippen molar-refractivity contribution in [1.82, 2.24) is 4.98 Å². The molecule has 0 atom stereocenters. The van der Waals surface area contributed by atoms with Gasteiger partial charge in [0.1, 0.15) is 0 Å². The number of rotatable bonds is 5. The SMILES string of the molecule is CCOC(=O)c1c(C)[nH]c(CNc2ccccc2)c1C. The smallest absolute Gasteiger partial charge is 0.340 e. The highest BCUT2D eigenvalue weighted by atomic mass is 16.5. The summed E-state index contributed by atoms with van der Waals surface area (Å²) >= 11 is 0.